The molecule has 3 nitrogen and oxygen atoms in total. The summed E-state index contributed by atoms with van der Waals surface area (Å²) in [5.74, 6) is 0.331. The fourth-order valence-corrected chi connectivity index (χ4v) is 1.67. The molecule has 0 fully saturated rings. The van der Waals surface area contributed by atoms with Gasteiger partial charge in [0, 0.05) is 30.3 Å². The summed E-state index contributed by atoms with van der Waals surface area (Å²) in [6.07, 6.45) is 0.977. The summed E-state index contributed by atoms with van der Waals surface area (Å²) in [4.78, 5) is 0. The SMILES string of the molecule is COCCCNCc1cc(Br)ccc1O. The van der Waals surface area contributed by atoms with E-state index < -0.39 is 0 Å². The van der Waals surface area contributed by atoms with E-state index in [1.54, 1.807) is 13.2 Å². The van der Waals surface area contributed by atoms with Gasteiger partial charge in [-0.3, -0.25) is 0 Å². The van der Waals surface area contributed by atoms with Crippen LogP contribution in [0.25, 0.3) is 0 Å². The topological polar surface area (TPSA) is 41.5 Å². The molecule has 1 aromatic carbocycles. The number of methoxy groups -OCH3 is 1. The molecule has 0 amide bonds. The van der Waals surface area contributed by atoms with Gasteiger partial charge in [0.25, 0.3) is 0 Å². The maximum absolute atomic E-state index is 9.55. The van der Waals surface area contributed by atoms with E-state index >= 15 is 0 Å². The monoisotopic (exact) mass is 273 g/mol. The maximum atomic E-state index is 9.55. The Bertz CT molecular complexity index is 305. The van der Waals surface area contributed by atoms with Gasteiger partial charge in [-0.25, -0.2) is 0 Å². The van der Waals surface area contributed by atoms with Gasteiger partial charge in [0.2, 0.25) is 0 Å². The van der Waals surface area contributed by atoms with Crippen molar-refractivity contribution in [3.05, 3.63) is 28.2 Å². The summed E-state index contributed by atoms with van der Waals surface area (Å²) in [7, 11) is 1.69. The van der Waals surface area contributed by atoms with Crippen LogP contribution in [0, 0.1) is 0 Å². The van der Waals surface area contributed by atoms with E-state index in [4.69, 9.17) is 4.74 Å². The Hall–Kier alpha value is -0.580. The minimum atomic E-state index is 0.331. The first-order valence-corrected chi connectivity index (χ1v) is 5.70. The Balaban J connectivity index is 2.33. The van der Waals surface area contributed by atoms with Crippen LogP contribution in [0.2, 0.25) is 0 Å². The van der Waals surface area contributed by atoms with Gasteiger partial charge in [0.1, 0.15) is 5.75 Å². The number of hydrogen-bond acceptors (Lipinski definition) is 3. The zero-order valence-corrected chi connectivity index (χ0v) is 10.4. The maximum Gasteiger partial charge on any atom is 0.120 e. The van der Waals surface area contributed by atoms with E-state index in [1.165, 1.54) is 0 Å². The van der Waals surface area contributed by atoms with Crippen LogP contribution in [0.15, 0.2) is 22.7 Å². The minimum absolute atomic E-state index is 0.331. The fourth-order valence-electron chi connectivity index (χ4n) is 1.26. The van der Waals surface area contributed by atoms with Crippen molar-refractivity contribution in [1.29, 1.82) is 0 Å². The molecular formula is C11H16BrNO2. The second-order valence-electron chi connectivity index (χ2n) is 3.30. The van der Waals surface area contributed by atoms with E-state index in [0.717, 1.165) is 29.6 Å². The number of benzene rings is 1. The van der Waals surface area contributed by atoms with Crippen molar-refractivity contribution >= 4 is 15.9 Å². The highest BCUT2D eigenvalue weighted by Crippen LogP contribution is 2.21. The van der Waals surface area contributed by atoms with Gasteiger partial charge in [-0.05, 0) is 31.2 Å². The zero-order valence-electron chi connectivity index (χ0n) is 8.79. The molecule has 2 N–H and O–H groups in total. The molecule has 0 aliphatic heterocycles. The smallest absolute Gasteiger partial charge is 0.120 e. The van der Waals surface area contributed by atoms with Gasteiger partial charge in [0.05, 0.1) is 0 Å². The Kier molecular flexibility index (Phi) is 5.68. The van der Waals surface area contributed by atoms with E-state index in [9.17, 15) is 5.11 Å². The molecule has 0 aliphatic carbocycles. The normalized spacial score (nSPS) is 10.5. The molecule has 0 saturated heterocycles. The molecule has 0 saturated carbocycles. The van der Waals surface area contributed by atoms with E-state index in [-0.39, 0.29) is 0 Å². The quantitative estimate of drug-likeness (QED) is 0.782. The number of halogens is 1. The summed E-state index contributed by atoms with van der Waals surface area (Å²) >= 11 is 3.37. The number of hydrogen-bond donors (Lipinski definition) is 2. The van der Waals surface area contributed by atoms with Gasteiger partial charge >= 0.3 is 0 Å². The number of ether oxygens (including phenoxy) is 1. The average Bonchev–Trinajstić information content (AvgIpc) is 2.23. The number of phenolic OH excluding ortho intramolecular Hbond substituents is 1. The number of nitrogens with one attached hydrogen (secondary N) is 1. The molecule has 0 aromatic heterocycles. The first-order valence-electron chi connectivity index (χ1n) is 4.91. The van der Waals surface area contributed by atoms with Crippen molar-refractivity contribution in [1.82, 2.24) is 5.32 Å². The van der Waals surface area contributed by atoms with Crippen LogP contribution in [0.4, 0.5) is 0 Å². The lowest BCUT2D eigenvalue weighted by Crippen LogP contribution is -2.16. The summed E-state index contributed by atoms with van der Waals surface area (Å²) in [6, 6.07) is 5.43. The Labute approximate surface area is 98.6 Å². The highest BCUT2D eigenvalue weighted by atomic mass is 79.9. The van der Waals surface area contributed by atoms with Crippen molar-refractivity contribution in [2.75, 3.05) is 20.3 Å². The second kappa shape index (κ2) is 6.82. The summed E-state index contributed by atoms with van der Waals surface area (Å²) in [5.41, 5.74) is 0.904. The van der Waals surface area contributed by atoms with Crippen LogP contribution in [0.1, 0.15) is 12.0 Å². The second-order valence-corrected chi connectivity index (χ2v) is 4.21. The largest absolute Gasteiger partial charge is 0.508 e. The number of phenols is 1. The van der Waals surface area contributed by atoms with Crippen LogP contribution in [-0.4, -0.2) is 25.4 Å². The van der Waals surface area contributed by atoms with Crippen LogP contribution in [-0.2, 0) is 11.3 Å². The third-order valence-electron chi connectivity index (χ3n) is 2.06. The highest BCUT2D eigenvalue weighted by molar-refractivity contribution is 9.10. The molecule has 0 bridgehead atoms. The van der Waals surface area contributed by atoms with Gasteiger partial charge < -0.3 is 15.2 Å². The third-order valence-corrected chi connectivity index (χ3v) is 2.55. The van der Waals surface area contributed by atoms with Crippen LogP contribution in [0.5, 0.6) is 5.75 Å². The predicted octanol–water partition coefficient (Wildman–Crippen LogP) is 2.28. The fraction of sp³-hybridized carbons (Fsp3) is 0.455. The van der Waals surface area contributed by atoms with E-state index in [0.29, 0.717) is 12.3 Å². The molecule has 1 aromatic rings. The van der Waals surface area contributed by atoms with Crippen LogP contribution < -0.4 is 5.32 Å². The van der Waals surface area contributed by atoms with E-state index in [1.807, 2.05) is 12.1 Å². The first kappa shape index (κ1) is 12.5. The lowest BCUT2D eigenvalue weighted by Gasteiger charge is -2.07. The summed E-state index contributed by atoms with van der Waals surface area (Å²) in [5, 5.41) is 12.8. The molecule has 15 heavy (non-hydrogen) atoms. The molecule has 0 atom stereocenters. The van der Waals surface area contributed by atoms with Gasteiger partial charge in [-0.1, -0.05) is 15.9 Å². The minimum Gasteiger partial charge on any atom is -0.508 e. The summed E-state index contributed by atoms with van der Waals surface area (Å²) in [6.45, 7) is 2.33. The molecular weight excluding hydrogens is 258 g/mol. The molecule has 0 heterocycles. The molecule has 0 aliphatic rings. The molecule has 0 unspecified atom stereocenters. The number of aromatic hydroxyl groups is 1. The van der Waals surface area contributed by atoms with Gasteiger partial charge in [0.15, 0.2) is 0 Å². The number of rotatable bonds is 6. The average molecular weight is 274 g/mol. The predicted molar refractivity (Wildman–Crippen MR) is 64.0 cm³/mol. The van der Waals surface area contributed by atoms with E-state index in [2.05, 4.69) is 21.2 Å². The Morgan fingerprint density at radius 3 is 3.00 bits per heavy atom. The van der Waals surface area contributed by atoms with Gasteiger partial charge in [-0.2, -0.15) is 0 Å². The lowest BCUT2D eigenvalue weighted by atomic mass is 10.2. The van der Waals surface area contributed by atoms with Crippen molar-refractivity contribution in [3.63, 3.8) is 0 Å². The van der Waals surface area contributed by atoms with Crippen molar-refractivity contribution in [2.24, 2.45) is 0 Å². The Morgan fingerprint density at radius 2 is 2.27 bits per heavy atom. The molecule has 0 radical (unpaired) electrons. The molecule has 1 rings (SSSR count). The zero-order chi connectivity index (χ0) is 11.1. The summed E-state index contributed by atoms with van der Waals surface area (Å²) < 4.78 is 5.92. The highest BCUT2D eigenvalue weighted by Gasteiger charge is 2.00. The standard InChI is InChI=1S/C11H16BrNO2/c1-15-6-2-5-13-8-9-7-10(12)3-4-11(9)14/h3-4,7,13-14H,2,5-6,8H2,1H3. The third kappa shape index (κ3) is 4.64. The van der Waals surface area contributed by atoms with Crippen molar-refractivity contribution < 1.29 is 9.84 Å². The molecule has 84 valence electrons. The van der Waals surface area contributed by atoms with Crippen LogP contribution in [0.3, 0.4) is 0 Å². The van der Waals surface area contributed by atoms with Gasteiger partial charge in [-0.15, -0.1) is 0 Å². The van der Waals surface area contributed by atoms with Crippen molar-refractivity contribution in [3.8, 4) is 5.75 Å². The molecule has 4 heteroatoms. The first-order chi connectivity index (χ1) is 7.24. The molecule has 0 spiro atoms. The van der Waals surface area contributed by atoms with Crippen LogP contribution >= 0.6 is 15.9 Å². The van der Waals surface area contributed by atoms with Crippen molar-refractivity contribution in [2.45, 2.75) is 13.0 Å². The Morgan fingerprint density at radius 1 is 1.47 bits per heavy atom. The lowest BCUT2D eigenvalue weighted by molar-refractivity contribution is 0.194.